The van der Waals surface area contributed by atoms with Gasteiger partial charge in [0.15, 0.2) is 0 Å². The Morgan fingerprint density at radius 1 is 1.35 bits per heavy atom. The quantitative estimate of drug-likeness (QED) is 0.834. The van der Waals surface area contributed by atoms with Crippen LogP contribution in [0.1, 0.15) is 21.6 Å². The van der Waals surface area contributed by atoms with Crippen molar-refractivity contribution in [2.45, 2.75) is 13.5 Å². The summed E-state index contributed by atoms with van der Waals surface area (Å²) in [7, 11) is 3.66. The number of aromatic nitrogens is 4. The van der Waals surface area contributed by atoms with Gasteiger partial charge in [-0.05, 0) is 6.92 Å². The van der Waals surface area contributed by atoms with Crippen LogP contribution in [0.2, 0.25) is 0 Å². The molecule has 0 aliphatic heterocycles. The summed E-state index contributed by atoms with van der Waals surface area (Å²) in [6, 6.07) is 0. The molecule has 17 heavy (non-hydrogen) atoms. The van der Waals surface area contributed by atoms with Crippen LogP contribution in [-0.4, -0.2) is 25.5 Å². The summed E-state index contributed by atoms with van der Waals surface area (Å²) < 4.78 is 3.38. The van der Waals surface area contributed by atoms with E-state index in [1.165, 1.54) is 0 Å². The van der Waals surface area contributed by atoms with Crippen molar-refractivity contribution in [3.05, 3.63) is 35.4 Å². The molecule has 0 radical (unpaired) electrons. The summed E-state index contributed by atoms with van der Waals surface area (Å²) in [5, 5.41) is 10.9. The van der Waals surface area contributed by atoms with Gasteiger partial charge in [0, 0.05) is 38.1 Å². The second-order valence-corrected chi connectivity index (χ2v) is 3.97. The average Bonchev–Trinajstić information content (AvgIpc) is 2.84. The minimum absolute atomic E-state index is 0.112. The van der Waals surface area contributed by atoms with Crippen LogP contribution in [-0.2, 0) is 20.6 Å². The van der Waals surface area contributed by atoms with Gasteiger partial charge in [-0.2, -0.15) is 10.2 Å². The van der Waals surface area contributed by atoms with Crippen molar-refractivity contribution in [1.82, 2.24) is 24.9 Å². The molecule has 2 heterocycles. The second-order valence-electron chi connectivity index (χ2n) is 3.97. The minimum atomic E-state index is -0.112. The van der Waals surface area contributed by atoms with Crippen LogP contribution in [0.25, 0.3) is 0 Å². The summed E-state index contributed by atoms with van der Waals surface area (Å²) in [5.41, 5.74) is 2.44. The van der Waals surface area contributed by atoms with Crippen LogP contribution in [0, 0.1) is 6.92 Å². The lowest BCUT2D eigenvalue weighted by molar-refractivity contribution is 0.0950. The fourth-order valence-electron chi connectivity index (χ4n) is 1.56. The van der Waals surface area contributed by atoms with Crippen LogP contribution < -0.4 is 5.32 Å². The highest BCUT2D eigenvalue weighted by atomic mass is 16.1. The molecule has 0 unspecified atom stereocenters. The first-order chi connectivity index (χ1) is 8.08. The molecule has 0 aliphatic carbocycles. The van der Waals surface area contributed by atoms with Gasteiger partial charge in [-0.3, -0.25) is 14.2 Å². The third-order valence-electron chi connectivity index (χ3n) is 2.69. The highest BCUT2D eigenvalue weighted by molar-refractivity contribution is 5.94. The molecule has 2 rings (SSSR count). The second kappa shape index (κ2) is 4.40. The summed E-state index contributed by atoms with van der Waals surface area (Å²) in [4.78, 5) is 11.9. The van der Waals surface area contributed by atoms with Crippen LogP contribution in [0.5, 0.6) is 0 Å². The zero-order chi connectivity index (χ0) is 12.4. The van der Waals surface area contributed by atoms with Gasteiger partial charge in [-0.15, -0.1) is 0 Å². The molecule has 1 N–H and O–H groups in total. The maximum absolute atomic E-state index is 11.9. The van der Waals surface area contributed by atoms with Crippen molar-refractivity contribution in [2.24, 2.45) is 14.1 Å². The molecule has 0 aliphatic rings. The van der Waals surface area contributed by atoms with E-state index in [0.717, 1.165) is 11.3 Å². The molecule has 6 heteroatoms. The summed E-state index contributed by atoms with van der Waals surface area (Å²) >= 11 is 0. The summed E-state index contributed by atoms with van der Waals surface area (Å²) in [6.07, 6.45) is 5.18. The first-order valence-corrected chi connectivity index (χ1v) is 5.32. The van der Waals surface area contributed by atoms with E-state index in [1.54, 1.807) is 21.8 Å². The van der Waals surface area contributed by atoms with E-state index in [2.05, 4.69) is 15.5 Å². The maximum Gasteiger partial charge on any atom is 0.255 e. The molecule has 2 aromatic heterocycles. The topological polar surface area (TPSA) is 64.7 Å². The standard InChI is InChI=1S/C11H15N5O/c1-8-10(6-14-16(8)3)11(17)12-4-9-5-13-15(2)7-9/h5-7H,4H2,1-3H3,(H,12,17). The first kappa shape index (κ1) is 11.4. The Kier molecular flexibility index (Phi) is 2.95. The number of amides is 1. The third-order valence-corrected chi connectivity index (χ3v) is 2.69. The molecule has 0 aromatic carbocycles. The Labute approximate surface area is 99.2 Å². The van der Waals surface area contributed by atoms with Crippen molar-refractivity contribution >= 4 is 5.91 Å². The van der Waals surface area contributed by atoms with Gasteiger partial charge in [0.2, 0.25) is 0 Å². The number of hydrogen-bond acceptors (Lipinski definition) is 3. The van der Waals surface area contributed by atoms with Crippen molar-refractivity contribution in [3.8, 4) is 0 Å². The molecule has 0 spiro atoms. The van der Waals surface area contributed by atoms with Crippen molar-refractivity contribution in [2.75, 3.05) is 0 Å². The molecule has 0 saturated heterocycles. The molecular formula is C11H15N5O. The number of aryl methyl sites for hydroxylation is 2. The zero-order valence-corrected chi connectivity index (χ0v) is 10.1. The van der Waals surface area contributed by atoms with Crippen LogP contribution in [0.15, 0.2) is 18.6 Å². The van der Waals surface area contributed by atoms with E-state index in [0.29, 0.717) is 12.1 Å². The molecule has 1 amide bonds. The molecule has 0 saturated carbocycles. The molecule has 0 bridgehead atoms. The normalized spacial score (nSPS) is 10.5. The van der Waals surface area contributed by atoms with Crippen molar-refractivity contribution < 1.29 is 4.79 Å². The largest absolute Gasteiger partial charge is 0.348 e. The van der Waals surface area contributed by atoms with E-state index in [1.807, 2.05) is 27.2 Å². The molecule has 2 aromatic rings. The molecule has 90 valence electrons. The Morgan fingerprint density at radius 2 is 2.12 bits per heavy atom. The molecule has 0 atom stereocenters. The van der Waals surface area contributed by atoms with E-state index < -0.39 is 0 Å². The van der Waals surface area contributed by atoms with Gasteiger partial charge >= 0.3 is 0 Å². The Bertz CT molecular complexity index is 540. The lowest BCUT2D eigenvalue weighted by atomic mass is 10.2. The van der Waals surface area contributed by atoms with Gasteiger partial charge in [-0.1, -0.05) is 0 Å². The van der Waals surface area contributed by atoms with Gasteiger partial charge in [-0.25, -0.2) is 0 Å². The van der Waals surface area contributed by atoms with Gasteiger partial charge < -0.3 is 5.32 Å². The Morgan fingerprint density at radius 3 is 2.65 bits per heavy atom. The maximum atomic E-state index is 11.9. The van der Waals surface area contributed by atoms with E-state index >= 15 is 0 Å². The van der Waals surface area contributed by atoms with Crippen LogP contribution in [0.3, 0.4) is 0 Å². The van der Waals surface area contributed by atoms with Crippen molar-refractivity contribution in [3.63, 3.8) is 0 Å². The smallest absolute Gasteiger partial charge is 0.255 e. The highest BCUT2D eigenvalue weighted by Crippen LogP contribution is 2.05. The Balaban J connectivity index is 2.00. The number of nitrogens with zero attached hydrogens (tertiary/aromatic N) is 4. The van der Waals surface area contributed by atoms with Crippen LogP contribution >= 0.6 is 0 Å². The predicted molar refractivity (Wildman–Crippen MR) is 62.3 cm³/mol. The number of carbonyl (C=O) groups is 1. The van der Waals surface area contributed by atoms with Crippen molar-refractivity contribution in [1.29, 1.82) is 0 Å². The monoisotopic (exact) mass is 233 g/mol. The zero-order valence-electron chi connectivity index (χ0n) is 10.1. The SMILES string of the molecule is Cc1c(C(=O)NCc2cnn(C)c2)cnn1C. The highest BCUT2D eigenvalue weighted by Gasteiger charge is 2.12. The fraction of sp³-hybridized carbons (Fsp3) is 0.364. The van der Waals surface area contributed by atoms with Gasteiger partial charge in [0.05, 0.1) is 18.0 Å². The Hall–Kier alpha value is -2.11. The summed E-state index contributed by atoms with van der Waals surface area (Å²) in [6.45, 7) is 2.34. The van der Waals surface area contributed by atoms with Gasteiger partial charge in [0.1, 0.15) is 0 Å². The minimum Gasteiger partial charge on any atom is -0.348 e. The number of nitrogens with one attached hydrogen (secondary N) is 1. The molecular weight excluding hydrogens is 218 g/mol. The molecule has 0 fully saturated rings. The van der Waals surface area contributed by atoms with E-state index in [-0.39, 0.29) is 5.91 Å². The molecule has 6 nitrogen and oxygen atoms in total. The first-order valence-electron chi connectivity index (χ1n) is 5.32. The van der Waals surface area contributed by atoms with Crippen LogP contribution in [0.4, 0.5) is 0 Å². The lowest BCUT2D eigenvalue weighted by Crippen LogP contribution is -2.23. The van der Waals surface area contributed by atoms with E-state index in [9.17, 15) is 4.79 Å². The van der Waals surface area contributed by atoms with E-state index in [4.69, 9.17) is 0 Å². The fourth-order valence-corrected chi connectivity index (χ4v) is 1.56. The summed E-state index contributed by atoms with van der Waals surface area (Å²) in [5.74, 6) is -0.112. The average molecular weight is 233 g/mol. The number of rotatable bonds is 3. The number of carbonyl (C=O) groups excluding carboxylic acids is 1. The predicted octanol–water partition coefficient (Wildman–Crippen LogP) is 0.392. The lowest BCUT2D eigenvalue weighted by Gasteiger charge is -2.02. The third kappa shape index (κ3) is 2.35. The van der Waals surface area contributed by atoms with Gasteiger partial charge in [0.25, 0.3) is 5.91 Å². The number of hydrogen-bond donors (Lipinski definition) is 1.